The van der Waals surface area contributed by atoms with Crippen LogP contribution in [0.2, 0.25) is 0 Å². The summed E-state index contributed by atoms with van der Waals surface area (Å²) in [5, 5.41) is 0.950. The molecule has 4 aromatic rings. The summed E-state index contributed by atoms with van der Waals surface area (Å²) < 4.78 is 7.42. The van der Waals surface area contributed by atoms with E-state index >= 15 is 0 Å². The van der Waals surface area contributed by atoms with E-state index in [0.717, 1.165) is 27.6 Å². The van der Waals surface area contributed by atoms with Crippen molar-refractivity contribution in [3.05, 3.63) is 65.0 Å². The fraction of sp³-hybridized carbons (Fsp3) is 0.0588. The predicted molar refractivity (Wildman–Crippen MR) is 82.2 cm³/mol. The topological polar surface area (TPSA) is 48.0 Å². The first-order valence-corrected chi connectivity index (χ1v) is 6.69. The summed E-state index contributed by atoms with van der Waals surface area (Å²) in [5.74, 6) is 0.477. The van der Waals surface area contributed by atoms with Crippen molar-refractivity contribution in [2.45, 2.75) is 0 Å². The second-order valence-corrected chi connectivity index (χ2v) is 4.96. The minimum absolute atomic E-state index is 0.0778. The van der Waals surface area contributed by atoms with Gasteiger partial charge in [-0.3, -0.25) is 4.79 Å². The molecule has 0 saturated heterocycles. The van der Waals surface area contributed by atoms with Crippen LogP contribution in [-0.2, 0) is 7.05 Å². The van der Waals surface area contributed by atoms with E-state index in [1.807, 2.05) is 48.5 Å². The Balaban J connectivity index is 2.10. The summed E-state index contributed by atoms with van der Waals surface area (Å²) in [6.07, 6.45) is 0. The van der Waals surface area contributed by atoms with Gasteiger partial charge in [-0.1, -0.05) is 30.3 Å². The molecule has 0 aliphatic rings. The molecule has 0 unspecified atom stereocenters. The highest BCUT2D eigenvalue weighted by Gasteiger charge is 2.13. The average Bonchev–Trinajstić information content (AvgIpc) is 2.94. The molecule has 2 aromatic carbocycles. The van der Waals surface area contributed by atoms with Crippen LogP contribution in [0.25, 0.3) is 33.5 Å². The zero-order valence-electron chi connectivity index (χ0n) is 11.4. The molecule has 0 amide bonds. The van der Waals surface area contributed by atoms with E-state index < -0.39 is 0 Å². The van der Waals surface area contributed by atoms with Gasteiger partial charge < -0.3 is 8.98 Å². The summed E-state index contributed by atoms with van der Waals surface area (Å²) in [6.45, 7) is 0. The minimum Gasteiger partial charge on any atom is -0.436 e. The molecule has 2 aromatic heterocycles. The molecule has 0 fully saturated rings. The van der Waals surface area contributed by atoms with E-state index in [1.165, 1.54) is 0 Å². The van der Waals surface area contributed by atoms with Crippen LogP contribution in [0.5, 0.6) is 0 Å². The lowest BCUT2D eigenvalue weighted by Crippen LogP contribution is -2.16. The van der Waals surface area contributed by atoms with E-state index in [0.29, 0.717) is 5.89 Å². The van der Waals surface area contributed by atoms with E-state index in [2.05, 4.69) is 4.98 Å². The maximum atomic E-state index is 12.1. The van der Waals surface area contributed by atoms with Crippen molar-refractivity contribution in [1.29, 1.82) is 0 Å². The van der Waals surface area contributed by atoms with Crippen molar-refractivity contribution >= 4 is 22.0 Å². The Hall–Kier alpha value is -2.88. The number of rotatable bonds is 1. The first kappa shape index (κ1) is 11.9. The van der Waals surface area contributed by atoms with Gasteiger partial charge in [-0.15, -0.1) is 0 Å². The highest BCUT2D eigenvalue weighted by atomic mass is 16.3. The van der Waals surface area contributed by atoms with Gasteiger partial charge in [0, 0.05) is 18.5 Å². The fourth-order valence-corrected chi connectivity index (χ4v) is 2.58. The largest absolute Gasteiger partial charge is 0.436 e. The first-order valence-electron chi connectivity index (χ1n) is 6.69. The Morgan fingerprint density at radius 2 is 1.81 bits per heavy atom. The molecule has 0 aliphatic heterocycles. The van der Waals surface area contributed by atoms with Crippen LogP contribution in [-0.4, -0.2) is 9.55 Å². The van der Waals surface area contributed by atoms with Gasteiger partial charge in [-0.05, 0) is 18.2 Å². The maximum Gasteiger partial charge on any atom is 0.251 e. The van der Waals surface area contributed by atoms with E-state index in [9.17, 15) is 4.79 Å². The van der Waals surface area contributed by atoms with Gasteiger partial charge in [0.15, 0.2) is 5.58 Å². The molecular weight excluding hydrogens is 264 g/mol. The van der Waals surface area contributed by atoms with Gasteiger partial charge in [0.1, 0.15) is 5.52 Å². The maximum absolute atomic E-state index is 12.1. The molecule has 0 radical (unpaired) electrons. The summed E-state index contributed by atoms with van der Waals surface area (Å²) in [6, 6.07) is 16.9. The molecule has 0 spiro atoms. The number of nitrogens with zero attached hydrogens (tertiary/aromatic N) is 2. The number of hydrogen-bond donors (Lipinski definition) is 0. The fourth-order valence-electron chi connectivity index (χ4n) is 2.58. The number of oxazole rings is 1. The van der Waals surface area contributed by atoms with Gasteiger partial charge in [0.2, 0.25) is 5.89 Å². The summed E-state index contributed by atoms with van der Waals surface area (Å²) >= 11 is 0. The van der Waals surface area contributed by atoms with Gasteiger partial charge in [0.05, 0.1) is 11.1 Å². The molecule has 0 N–H and O–H groups in total. The number of para-hydroxylation sites is 3. The van der Waals surface area contributed by atoms with Crippen LogP contribution in [0.1, 0.15) is 0 Å². The van der Waals surface area contributed by atoms with Crippen LogP contribution < -0.4 is 5.56 Å². The zero-order chi connectivity index (χ0) is 14.4. The molecule has 0 aliphatic carbocycles. The third-order valence-corrected chi connectivity index (χ3v) is 3.68. The van der Waals surface area contributed by atoms with Gasteiger partial charge in [0.25, 0.3) is 5.56 Å². The number of hydrogen-bond acceptors (Lipinski definition) is 3. The Morgan fingerprint density at radius 1 is 1.05 bits per heavy atom. The predicted octanol–water partition coefficient (Wildman–Crippen LogP) is 3.35. The lowest BCUT2D eigenvalue weighted by Gasteiger charge is -2.07. The number of pyridine rings is 1. The Morgan fingerprint density at radius 3 is 2.67 bits per heavy atom. The molecule has 4 nitrogen and oxygen atoms in total. The molecule has 102 valence electrons. The standard InChI is InChI=1S/C17H12N2O2/c1-19-14-8-4-2-6-11(14)12(10-16(19)20)17-18-13-7-3-5-9-15(13)21-17/h2-10H,1H3. The van der Waals surface area contributed by atoms with Crippen LogP contribution in [0.4, 0.5) is 0 Å². The summed E-state index contributed by atoms with van der Waals surface area (Å²) in [7, 11) is 1.76. The minimum atomic E-state index is -0.0778. The van der Waals surface area contributed by atoms with Crippen molar-refractivity contribution in [3.63, 3.8) is 0 Å². The second-order valence-electron chi connectivity index (χ2n) is 4.96. The number of aromatic nitrogens is 2. The van der Waals surface area contributed by atoms with E-state index in [4.69, 9.17) is 4.42 Å². The molecule has 4 heteroatoms. The summed E-state index contributed by atoms with van der Waals surface area (Å²) in [5.41, 5.74) is 3.02. The monoisotopic (exact) mass is 276 g/mol. The number of benzene rings is 2. The molecule has 0 bridgehead atoms. The molecule has 0 atom stereocenters. The summed E-state index contributed by atoms with van der Waals surface area (Å²) in [4.78, 5) is 16.6. The molecule has 2 heterocycles. The molecule has 0 saturated carbocycles. The molecule has 21 heavy (non-hydrogen) atoms. The van der Waals surface area contributed by atoms with Crippen molar-refractivity contribution in [2.24, 2.45) is 7.05 Å². The van der Waals surface area contributed by atoms with Crippen molar-refractivity contribution in [2.75, 3.05) is 0 Å². The molecular formula is C17H12N2O2. The second kappa shape index (κ2) is 4.31. The Labute approximate surface area is 120 Å². The van der Waals surface area contributed by atoms with Crippen LogP contribution in [0.3, 0.4) is 0 Å². The third-order valence-electron chi connectivity index (χ3n) is 3.68. The SMILES string of the molecule is Cn1c(=O)cc(-c2nc3ccccc3o2)c2ccccc21. The van der Waals surface area contributed by atoms with Crippen molar-refractivity contribution in [1.82, 2.24) is 9.55 Å². The normalized spacial score (nSPS) is 11.3. The van der Waals surface area contributed by atoms with Crippen molar-refractivity contribution < 1.29 is 4.42 Å². The van der Waals surface area contributed by atoms with Crippen molar-refractivity contribution in [3.8, 4) is 11.5 Å². The van der Waals surface area contributed by atoms with Gasteiger partial charge >= 0.3 is 0 Å². The highest BCUT2D eigenvalue weighted by molar-refractivity contribution is 5.93. The smallest absolute Gasteiger partial charge is 0.251 e. The number of fused-ring (bicyclic) bond motifs is 2. The lowest BCUT2D eigenvalue weighted by molar-refractivity contribution is 0.620. The number of aryl methyl sites for hydroxylation is 1. The van der Waals surface area contributed by atoms with Crippen LogP contribution in [0.15, 0.2) is 63.8 Å². The Bertz CT molecular complexity index is 995. The third kappa shape index (κ3) is 1.76. The van der Waals surface area contributed by atoms with E-state index in [-0.39, 0.29) is 5.56 Å². The van der Waals surface area contributed by atoms with Gasteiger partial charge in [-0.2, -0.15) is 0 Å². The highest BCUT2D eigenvalue weighted by Crippen LogP contribution is 2.28. The first-order chi connectivity index (χ1) is 10.2. The molecule has 4 rings (SSSR count). The zero-order valence-corrected chi connectivity index (χ0v) is 11.4. The van der Waals surface area contributed by atoms with Crippen LogP contribution in [0, 0.1) is 0 Å². The Kier molecular flexibility index (Phi) is 2.44. The lowest BCUT2D eigenvalue weighted by atomic mass is 10.1. The van der Waals surface area contributed by atoms with E-state index in [1.54, 1.807) is 17.7 Å². The average molecular weight is 276 g/mol. The van der Waals surface area contributed by atoms with Gasteiger partial charge in [-0.25, -0.2) is 4.98 Å². The van der Waals surface area contributed by atoms with Crippen LogP contribution >= 0.6 is 0 Å². The quantitative estimate of drug-likeness (QED) is 0.535.